The van der Waals surface area contributed by atoms with Crippen LogP contribution in [0.5, 0.6) is 0 Å². The van der Waals surface area contributed by atoms with Crippen molar-refractivity contribution in [2.45, 2.75) is 46.1 Å². The summed E-state index contributed by atoms with van der Waals surface area (Å²) in [5.41, 5.74) is 3.13. The van der Waals surface area contributed by atoms with Gasteiger partial charge in [0.1, 0.15) is 0 Å². The monoisotopic (exact) mass is 238 g/mol. The Balaban J connectivity index is 1.84. The van der Waals surface area contributed by atoms with Crippen molar-refractivity contribution in [1.82, 2.24) is 10.3 Å². The first-order chi connectivity index (χ1) is 7.68. The largest absolute Gasteiger partial charge is 0.309 e. The van der Waals surface area contributed by atoms with Gasteiger partial charge in [0.15, 0.2) is 0 Å². The lowest BCUT2D eigenvalue weighted by Gasteiger charge is -2.19. The molecule has 2 rings (SSSR count). The molecule has 2 nitrogen and oxygen atoms in total. The Labute approximate surface area is 102 Å². The van der Waals surface area contributed by atoms with Crippen LogP contribution in [-0.2, 0) is 0 Å². The molecule has 0 aliphatic heterocycles. The maximum absolute atomic E-state index is 4.31. The number of hydrogen-bond donors (Lipinski definition) is 1. The summed E-state index contributed by atoms with van der Waals surface area (Å²) in [6.07, 6.45) is 4.24. The van der Waals surface area contributed by atoms with E-state index in [1.807, 2.05) is 5.51 Å². The van der Waals surface area contributed by atoms with E-state index in [1.54, 1.807) is 11.3 Å². The van der Waals surface area contributed by atoms with Gasteiger partial charge in [-0.2, -0.15) is 0 Å². The van der Waals surface area contributed by atoms with Gasteiger partial charge in [0.05, 0.1) is 11.2 Å². The van der Waals surface area contributed by atoms with Crippen LogP contribution in [0.15, 0.2) is 5.51 Å². The first-order valence-electron chi connectivity index (χ1n) is 6.32. The molecule has 0 bridgehead atoms. The SMILES string of the molecule is Cc1ncsc1C(C)NCC1CCCC1C. The summed E-state index contributed by atoms with van der Waals surface area (Å²) in [6.45, 7) is 7.91. The fourth-order valence-electron chi connectivity index (χ4n) is 2.67. The zero-order valence-electron chi connectivity index (χ0n) is 10.5. The van der Waals surface area contributed by atoms with E-state index < -0.39 is 0 Å². The van der Waals surface area contributed by atoms with Gasteiger partial charge in [-0.15, -0.1) is 11.3 Å². The lowest BCUT2D eigenvalue weighted by Crippen LogP contribution is -2.26. The molecule has 90 valence electrons. The van der Waals surface area contributed by atoms with Crippen LogP contribution in [0.25, 0.3) is 0 Å². The standard InChI is InChI=1S/C13H22N2S/c1-9-5-4-6-12(9)7-14-10(2)13-11(3)15-8-16-13/h8-10,12,14H,4-7H2,1-3H3. The van der Waals surface area contributed by atoms with Gasteiger partial charge in [0.25, 0.3) is 0 Å². The van der Waals surface area contributed by atoms with E-state index in [4.69, 9.17) is 0 Å². The van der Waals surface area contributed by atoms with E-state index in [1.165, 1.54) is 36.4 Å². The molecule has 1 aliphatic carbocycles. The minimum absolute atomic E-state index is 0.459. The van der Waals surface area contributed by atoms with Crippen molar-refractivity contribution in [2.75, 3.05) is 6.54 Å². The minimum Gasteiger partial charge on any atom is -0.309 e. The maximum Gasteiger partial charge on any atom is 0.0798 e. The van der Waals surface area contributed by atoms with Crippen LogP contribution in [-0.4, -0.2) is 11.5 Å². The predicted molar refractivity (Wildman–Crippen MR) is 69.8 cm³/mol. The van der Waals surface area contributed by atoms with E-state index in [0.29, 0.717) is 6.04 Å². The van der Waals surface area contributed by atoms with Gasteiger partial charge in [0.2, 0.25) is 0 Å². The highest BCUT2D eigenvalue weighted by Gasteiger charge is 2.23. The third-order valence-electron chi connectivity index (χ3n) is 3.90. The van der Waals surface area contributed by atoms with E-state index in [-0.39, 0.29) is 0 Å². The number of thiazole rings is 1. The summed E-state index contributed by atoms with van der Waals surface area (Å²) in [6, 6.07) is 0.459. The van der Waals surface area contributed by atoms with Crippen molar-refractivity contribution >= 4 is 11.3 Å². The van der Waals surface area contributed by atoms with Crippen LogP contribution in [0.3, 0.4) is 0 Å². The van der Waals surface area contributed by atoms with Crippen molar-refractivity contribution in [1.29, 1.82) is 0 Å². The van der Waals surface area contributed by atoms with Crippen LogP contribution in [0.1, 0.15) is 49.7 Å². The molecule has 0 radical (unpaired) electrons. The average Bonchev–Trinajstić information content (AvgIpc) is 2.84. The molecule has 3 unspecified atom stereocenters. The number of aromatic nitrogens is 1. The van der Waals surface area contributed by atoms with Crippen molar-refractivity contribution < 1.29 is 0 Å². The molecule has 0 spiro atoms. The molecule has 1 saturated carbocycles. The van der Waals surface area contributed by atoms with Crippen LogP contribution < -0.4 is 5.32 Å². The van der Waals surface area contributed by atoms with Crippen LogP contribution in [0, 0.1) is 18.8 Å². The van der Waals surface area contributed by atoms with Crippen LogP contribution in [0.4, 0.5) is 0 Å². The van der Waals surface area contributed by atoms with E-state index in [2.05, 4.69) is 31.1 Å². The summed E-state index contributed by atoms with van der Waals surface area (Å²) in [5.74, 6) is 1.79. The summed E-state index contributed by atoms with van der Waals surface area (Å²) < 4.78 is 0. The molecule has 3 atom stereocenters. The molecule has 3 heteroatoms. The molecule has 1 fully saturated rings. The fourth-order valence-corrected chi connectivity index (χ4v) is 3.51. The first-order valence-corrected chi connectivity index (χ1v) is 7.19. The van der Waals surface area contributed by atoms with E-state index in [9.17, 15) is 0 Å². The van der Waals surface area contributed by atoms with Gasteiger partial charge in [-0.05, 0) is 38.6 Å². The van der Waals surface area contributed by atoms with Gasteiger partial charge >= 0.3 is 0 Å². The topological polar surface area (TPSA) is 24.9 Å². The molecular weight excluding hydrogens is 216 g/mol. The molecule has 0 saturated heterocycles. The second-order valence-electron chi connectivity index (χ2n) is 5.10. The minimum atomic E-state index is 0.459. The van der Waals surface area contributed by atoms with Crippen molar-refractivity contribution in [3.63, 3.8) is 0 Å². The summed E-state index contributed by atoms with van der Waals surface area (Å²) in [7, 11) is 0. The molecule has 16 heavy (non-hydrogen) atoms. The van der Waals surface area contributed by atoms with E-state index >= 15 is 0 Å². The lowest BCUT2D eigenvalue weighted by atomic mass is 9.98. The highest BCUT2D eigenvalue weighted by molar-refractivity contribution is 7.09. The normalized spacial score (nSPS) is 27.2. The molecule has 0 amide bonds. The molecule has 1 aliphatic rings. The van der Waals surface area contributed by atoms with Gasteiger partial charge in [0, 0.05) is 10.9 Å². The number of hydrogen-bond acceptors (Lipinski definition) is 3. The number of nitrogens with one attached hydrogen (secondary N) is 1. The summed E-state index contributed by atoms with van der Waals surface area (Å²) >= 11 is 1.77. The first kappa shape index (κ1) is 12.1. The highest BCUT2D eigenvalue weighted by Crippen LogP contribution is 2.31. The maximum atomic E-state index is 4.31. The number of aryl methyl sites for hydroxylation is 1. The lowest BCUT2D eigenvalue weighted by molar-refractivity contribution is 0.376. The second kappa shape index (κ2) is 5.28. The Kier molecular flexibility index (Phi) is 3.98. The third kappa shape index (κ3) is 2.64. The van der Waals surface area contributed by atoms with Crippen LogP contribution in [0.2, 0.25) is 0 Å². The zero-order chi connectivity index (χ0) is 11.5. The smallest absolute Gasteiger partial charge is 0.0798 e. The zero-order valence-corrected chi connectivity index (χ0v) is 11.3. The van der Waals surface area contributed by atoms with Gasteiger partial charge in [-0.1, -0.05) is 19.8 Å². The number of rotatable bonds is 4. The summed E-state index contributed by atoms with van der Waals surface area (Å²) in [4.78, 5) is 5.71. The molecule has 1 aromatic rings. The van der Waals surface area contributed by atoms with Crippen molar-refractivity contribution in [3.05, 3.63) is 16.1 Å². The third-order valence-corrected chi connectivity index (χ3v) is 5.01. The Morgan fingerprint density at radius 1 is 1.56 bits per heavy atom. The summed E-state index contributed by atoms with van der Waals surface area (Å²) in [5, 5.41) is 3.67. The average molecular weight is 238 g/mol. The molecule has 1 heterocycles. The van der Waals surface area contributed by atoms with Crippen molar-refractivity contribution in [3.8, 4) is 0 Å². The quantitative estimate of drug-likeness (QED) is 0.868. The van der Waals surface area contributed by atoms with Gasteiger partial charge in [-0.25, -0.2) is 4.98 Å². The van der Waals surface area contributed by atoms with E-state index in [0.717, 1.165) is 11.8 Å². The second-order valence-corrected chi connectivity index (χ2v) is 5.99. The Morgan fingerprint density at radius 2 is 2.38 bits per heavy atom. The Bertz CT molecular complexity index is 334. The molecule has 1 aromatic heterocycles. The fraction of sp³-hybridized carbons (Fsp3) is 0.769. The highest BCUT2D eigenvalue weighted by atomic mass is 32.1. The predicted octanol–water partition coefficient (Wildman–Crippen LogP) is 3.54. The van der Waals surface area contributed by atoms with Gasteiger partial charge in [-0.3, -0.25) is 0 Å². The van der Waals surface area contributed by atoms with Crippen molar-refractivity contribution in [2.24, 2.45) is 11.8 Å². The number of nitrogens with zero attached hydrogens (tertiary/aromatic N) is 1. The molecular formula is C13H22N2S. The molecule has 1 N–H and O–H groups in total. The Hall–Kier alpha value is -0.410. The molecule has 0 aromatic carbocycles. The Morgan fingerprint density at radius 3 is 2.94 bits per heavy atom. The van der Waals surface area contributed by atoms with Gasteiger partial charge < -0.3 is 5.32 Å². The van der Waals surface area contributed by atoms with Crippen LogP contribution >= 0.6 is 11.3 Å².